The van der Waals surface area contributed by atoms with Gasteiger partial charge in [0.05, 0.1) is 11.8 Å². The lowest BCUT2D eigenvalue weighted by atomic mass is 10.2. The molecule has 14 heavy (non-hydrogen) atoms. The summed E-state index contributed by atoms with van der Waals surface area (Å²) in [4.78, 5) is 15.4. The van der Waals surface area contributed by atoms with E-state index in [-0.39, 0.29) is 5.91 Å². The van der Waals surface area contributed by atoms with E-state index in [4.69, 9.17) is 0 Å². The van der Waals surface area contributed by atoms with Crippen molar-refractivity contribution in [1.82, 2.24) is 9.88 Å². The maximum Gasteiger partial charge on any atom is 0.230 e. The van der Waals surface area contributed by atoms with Gasteiger partial charge in [0.25, 0.3) is 0 Å². The normalized spacial score (nSPS) is 23.3. The number of H-pyrrole nitrogens is 1. The van der Waals surface area contributed by atoms with E-state index in [1.807, 2.05) is 48.6 Å². The monoisotopic (exact) mass is 208 g/mol. The average Bonchev–Trinajstić information content (AvgIpc) is 2.74. The molecule has 0 bridgehead atoms. The van der Waals surface area contributed by atoms with E-state index < -0.39 is 0 Å². The second-order valence-electron chi connectivity index (χ2n) is 3.06. The molecule has 1 atom stereocenters. The minimum absolute atomic E-state index is 0.267. The topological polar surface area (TPSA) is 36.1 Å². The zero-order chi connectivity index (χ0) is 9.80. The van der Waals surface area contributed by atoms with Gasteiger partial charge in [-0.3, -0.25) is 4.79 Å². The number of fused-ring (bicyclic) bond motifs is 1. The van der Waals surface area contributed by atoms with E-state index in [0.29, 0.717) is 5.37 Å². The molecule has 4 heteroatoms. The highest BCUT2D eigenvalue weighted by Crippen LogP contribution is 2.32. The maximum absolute atomic E-state index is 10.7. The summed E-state index contributed by atoms with van der Waals surface area (Å²) in [5, 5.41) is 0.475. The van der Waals surface area contributed by atoms with Crippen LogP contribution in [0.25, 0.3) is 0 Å². The molecular weight excluding hydrogens is 196 g/mol. The quantitative estimate of drug-likeness (QED) is 0.660. The molecule has 1 aromatic heterocycles. The number of nitrogens with one attached hydrogen (secondary N) is 1. The van der Waals surface area contributed by atoms with Gasteiger partial charge in [-0.2, -0.15) is 0 Å². The lowest BCUT2D eigenvalue weighted by molar-refractivity contribution is -0.137. The van der Waals surface area contributed by atoms with Crippen LogP contribution in [0.4, 0.5) is 0 Å². The summed E-state index contributed by atoms with van der Waals surface area (Å²) in [6, 6.07) is 3.89. The Balaban J connectivity index is 0.000000128. The Kier molecular flexibility index (Phi) is 2.93. The lowest BCUT2D eigenvalue weighted by Crippen LogP contribution is -2.48. The van der Waals surface area contributed by atoms with Crippen molar-refractivity contribution >= 4 is 17.7 Å². The number of aromatic amines is 1. The van der Waals surface area contributed by atoms with Crippen molar-refractivity contribution in [1.29, 1.82) is 0 Å². The maximum atomic E-state index is 10.7. The molecule has 1 aromatic rings. The van der Waals surface area contributed by atoms with Gasteiger partial charge in [-0.05, 0) is 12.1 Å². The second-order valence-corrected chi connectivity index (χ2v) is 4.27. The summed E-state index contributed by atoms with van der Waals surface area (Å²) in [6.07, 6.45) is 8.42. The minimum atomic E-state index is 0.267. The van der Waals surface area contributed by atoms with Crippen LogP contribution in [0, 0.1) is 0 Å². The van der Waals surface area contributed by atoms with Crippen LogP contribution in [0.1, 0.15) is 6.42 Å². The van der Waals surface area contributed by atoms with Crippen molar-refractivity contribution in [2.75, 3.05) is 5.75 Å². The number of rotatable bonds is 0. The number of amides is 1. The Hall–Kier alpha value is -1.16. The first-order valence-corrected chi connectivity index (χ1v) is 5.60. The smallest absolute Gasteiger partial charge is 0.230 e. The van der Waals surface area contributed by atoms with Gasteiger partial charge < -0.3 is 9.88 Å². The molecule has 74 valence electrons. The number of carbonyl (C=O) groups excluding carboxylic acids is 1. The van der Waals surface area contributed by atoms with E-state index in [1.54, 1.807) is 4.90 Å². The molecule has 1 amide bonds. The number of carbonyl (C=O) groups is 1. The van der Waals surface area contributed by atoms with Crippen LogP contribution >= 0.6 is 11.8 Å². The summed E-state index contributed by atoms with van der Waals surface area (Å²) in [6.45, 7) is 0. The average molecular weight is 208 g/mol. The molecular formula is C10H12N2OS. The molecule has 3 rings (SSSR count). The number of hydrogen-bond donors (Lipinski definition) is 1. The van der Waals surface area contributed by atoms with E-state index in [1.165, 1.54) is 0 Å². The van der Waals surface area contributed by atoms with E-state index in [0.717, 1.165) is 12.2 Å². The van der Waals surface area contributed by atoms with Crippen LogP contribution < -0.4 is 0 Å². The summed E-state index contributed by atoms with van der Waals surface area (Å²) in [5.74, 6) is 1.33. The van der Waals surface area contributed by atoms with E-state index in [2.05, 4.69) is 4.98 Å². The number of nitrogens with zero attached hydrogens (tertiary/aromatic N) is 1. The third kappa shape index (κ3) is 2.01. The largest absolute Gasteiger partial charge is 0.368 e. The predicted molar refractivity (Wildman–Crippen MR) is 57.6 cm³/mol. The van der Waals surface area contributed by atoms with Crippen molar-refractivity contribution in [2.24, 2.45) is 0 Å². The first kappa shape index (κ1) is 9.40. The van der Waals surface area contributed by atoms with Gasteiger partial charge in [-0.25, -0.2) is 0 Å². The van der Waals surface area contributed by atoms with Crippen LogP contribution in [0.15, 0.2) is 36.8 Å². The van der Waals surface area contributed by atoms with Gasteiger partial charge in [0.1, 0.15) is 0 Å². The molecule has 3 nitrogen and oxygen atoms in total. The first-order valence-electron chi connectivity index (χ1n) is 4.55. The van der Waals surface area contributed by atoms with Crippen molar-refractivity contribution in [3.05, 3.63) is 36.8 Å². The van der Waals surface area contributed by atoms with Crippen LogP contribution in [0.5, 0.6) is 0 Å². The Morgan fingerprint density at radius 3 is 2.64 bits per heavy atom. The van der Waals surface area contributed by atoms with Crippen molar-refractivity contribution < 1.29 is 4.79 Å². The summed E-state index contributed by atoms with van der Waals surface area (Å²) in [7, 11) is 0. The third-order valence-electron chi connectivity index (χ3n) is 2.09. The molecule has 0 saturated carbocycles. The van der Waals surface area contributed by atoms with Crippen LogP contribution in [0.2, 0.25) is 0 Å². The van der Waals surface area contributed by atoms with Crippen molar-refractivity contribution in [2.45, 2.75) is 11.8 Å². The third-order valence-corrected chi connectivity index (χ3v) is 3.26. The Morgan fingerprint density at radius 1 is 1.43 bits per heavy atom. The molecule has 1 N–H and O–H groups in total. The van der Waals surface area contributed by atoms with Gasteiger partial charge in [0.2, 0.25) is 5.91 Å². The van der Waals surface area contributed by atoms with Gasteiger partial charge in [0, 0.05) is 24.3 Å². The number of aromatic nitrogens is 1. The predicted octanol–water partition coefficient (Wildman–Crippen LogP) is 1.82. The van der Waals surface area contributed by atoms with Gasteiger partial charge in [-0.1, -0.05) is 6.08 Å². The highest BCUT2D eigenvalue weighted by atomic mass is 32.2. The van der Waals surface area contributed by atoms with Crippen molar-refractivity contribution in [3.63, 3.8) is 0 Å². The molecule has 2 aliphatic rings. The van der Waals surface area contributed by atoms with Gasteiger partial charge >= 0.3 is 0 Å². The molecule has 3 heterocycles. The lowest BCUT2D eigenvalue weighted by Gasteiger charge is -2.39. The Labute approximate surface area is 87.2 Å². The molecule has 0 radical (unpaired) electrons. The fourth-order valence-electron chi connectivity index (χ4n) is 1.32. The second kappa shape index (κ2) is 4.37. The Morgan fingerprint density at radius 2 is 2.21 bits per heavy atom. The SMILES string of the molecule is O=C1CC2SCC=CN12.c1cc[nH]c1. The molecule has 2 aliphatic heterocycles. The van der Waals surface area contributed by atoms with Gasteiger partial charge in [-0.15, -0.1) is 11.8 Å². The molecule has 1 fully saturated rings. The molecule has 0 spiro atoms. The van der Waals surface area contributed by atoms with Crippen LogP contribution in [0.3, 0.4) is 0 Å². The van der Waals surface area contributed by atoms with E-state index >= 15 is 0 Å². The minimum Gasteiger partial charge on any atom is -0.368 e. The Bertz CT molecular complexity index is 304. The highest BCUT2D eigenvalue weighted by molar-refractivity contribution is 8.00. The molecule has 1 unspecified atom stereocenters. The number of hydrogen-bond acceptors (Lipinski definition) is 2. The zero-order valence-corrected chi connectivity index (χ0v) is 8.54. The fourth-order valence-corrected chi connectivity index (χ4v) is 2.35. The fraction of sp³-hybridized carbons (Fsp3) is 0.300. The highest BCUT2D eigenvalue weighted by Gasteiger charge is 2.35. The number of thioether (sulfide) groups is 1. The summed E-state index contributed by atoms with van der Waals surface area (Å²) >= 11 is 1.84. The molecule has 1 saturated heterocycles. The summed E-state index contributed by atoms with van der Waals surface area (Å²) < 4.78 is 0. The molecule has 0 aromatic carbocycles. The van der Waals surface area contributed by atoms with E-state index in [9.17, 15) is 4.79 Å². The van der Waals surface area contributed by atoms with Crippen LogP contribution in [-0.4, -0.2) is 26.9 Å². The van der Waals surface area contributed by atoms with Crippen LogP contribution in [-0.2, 0) is 4.79 Å². The zero-order valence-electron chi connectivity index (χ0n) is 7.72. The standard InChI is InChI=1S/C6H7NOS.C4H5N/c8-5-4-6-7(5)2-1-3-9-6;1-2-4-5-3-1/h1-2,6H,3-4H2;1-5H. The van der Waals surface area contributed by atoms with Crippen molar-refractivity contribution in [3.8, 4) is 0 Å². The van der Waals surface area contributed by atoms with Gasteiger partial charge in [0.15, 0.2) is 0 Å². The first-order chi connectivity index (χ1) is 6.88. The molecule has 0 aliphatic carbocycles. The number of β-lactam (4-membered cyclic amide) rings is 1. The summed E-state index contributed by atoms with van der Waals surface area (Å²) in [5.41, 5.74) is 0.